The van der Waals surface area contributed by atoms with Crippen molar-refractivity contribution in [2.24, 2.45) is 7.05 Å². The average molecular weight is 404 g/mol. The number of likely N-dealkylation sites (N-methyl/N-ethyl adjacent to an activating group) is 1. The van der Waals surface area contributed by atoms with Gasteiger partial charge >= 0.3 is 0 Å². The Morgan fingerprint density at radius 2 is 1.86 bits per heavy atom. The van der Waals surface area contributed by atoms with Crippen LogP contribution in [0.15, 0.2) is 10.9 Å². The number of piperazine rings is 1. The molecule has 3 heterocycles. The van der Waals surface area contributed by atoms with Crippen molar-refractivity contribution in [3.05, 3.63) is 33.6 Å². The van der Waals surface area contributed by atoms with Crippen LogP contribution in [0.1, 0.15) is 19.4 Å². The van der Waals surface area contributed by atoms with Gasteiger partial charge in [-0.25, -0.2) is 8.78 Å². The number of aromatic nitrogens is 1. The molecule has 0 saturated carbocycles. The lowest BCUT2D eigenvalue weighted by Crippen LogP contribution is -2.63. The molecule has 0 bridgehead atoms. The summed E-state index contributed by atoms with van der Waals surface area (Å²) in [7, 11) is 3.54. The number of ketones is 1. The number of pyridine rings is 1. The Hall–Kier alpha value is -2.48. The van der Waals surface area contributed by atoms with Gasteiger partial charge < -0.3 is 14.4 Å². The molecule has 2 unspecified atom stereocenters. The van der Waals surface area contributed by atoms with Crippen LogP contribution in [0, 0.1) is 18.6 Å². The normalized spacial score (nSPS) is 22.0. The van der Waals surface area contributed by atoms with Crippen molar-refractivity contribution >= 4 is 28.1 Å². The fourth-order valence-electron chi connectivity index (χ4n) is 4.65. The Bertz CT molecular complexity index is 1080. The van der Waals surface area contributed by atoms with Crippen molar-refractivity contribution in [2.75, 3.05) is 43.0 Å². The number of fused-ring (bicyclic) bond motifs is 5. The van der Waals surface area contributed by atoms with Crippen LogP contribution in [0.3, 0.4) is 0 Å². The Morgan fingerprint density at radius 3 is 2.52 bits per heavy atom. The number of halogens is 2. The van der Waals surface area contributed by atoms with Crippen LogP contribution in [0.25, 0.3) is 10.9 Å². The van der Waals surface area contributed by atoms with Gasteiger partial charge in [0.15, 0.2) is 5.82 Å². The Kier molecular flexibility index (Phi) is 4.64. The largest absolute Gasteiger partial charge is 0.362 e. The van der Waals surface area contributed by atoms with E-state index in [-0.39, 0.29) is 41.1 Å². The molecule has 0 amide bonds. The third-order valence-corrected chi connectivity index (χ3v) is 6.34. The van der Waals surface area contributed by atoms with Crippen LogP contribution in [-0.2, 0) is 11.8 Å². The molecule has 8 heteroatoms. The highest BCUT2D eigenvalue weighted by Crippen LogP contribution is 2.41. The Balaban J connectivity index is 2.09. The number of aryl methyl sites for hydroxylation is 1. The van der Waals surface area contributed by atoms with E-state index in [2.05, 4.69) is 16.7 Å². The van der Waals surface area contributed by atoms with Crippen molar-refractivity contribution in [2.45, 2.75) is 32.9 Å². The molecule has 2 aromatic rings. The number of hydrogen-bond acceptors (Lipinski definition) is 5. The number of carbonyl (C=O) groups excluding carboxylic acids is 1. The molecule has 1 fully saturated rings. The predicted molar refractivity (Wildman–Crippen MR) is 110 cm³/mol. The van der Waals surface area contributed by atoms with Gasteiger partial charge in [-0.2, -0.15) is 0 Å². The maximum absolute atomic E-state index is 15.0. The summed E-state index contributed by atoms with van der Waals surface area (Å²) in [6, 6.07) is 1.56. The summed E-state index contributed by atoms with van der Waals surface area (Å²) in [6.45, 7) is 6.93. The number of rotatable bonds is 2. The molecule has 6 nitrogen and oxygen atoms in total. The first kappa shape index (κ1) is 19.8. The zero-order valence-corrected chi connectivity index (χ0v) is 17.4. The molecule has 2 aliphatic rings. The fourth-order valence-corrected chi connectivity index (χ4v) is 4.65. The van der Waals surface area contributed by atoms with Gasteiger partial charge in [-0.3, -0.25) is 14.5 Å². The van der Waals surface area contributed by atoms with Crippen LogP contribution in [0.5, 0.6) is 0 Å². The third-order valence-electron chi connectivity index (χ3n) is 6.34. The molecule has 4 rings (SSSR count). The van der Waals surface area contributed by atoms with Crippen molar-refractivity contribution in [1.29, 1.82) is 0 Å². The van der Waals surface area contributed by atoms with Gasteiger partial charge in [0, 0.05) is 43.7 Å². The zero-order valence-electron chi connectivity index (χ0n) is 17.4. The summed E-state index contributed by atoms with van der Waals surface area (Å²) < 4.78 is 30.8. The molecule has 1 aromatic carbocycles. The molecule has 1 saturated heterocycles. The SMILES string of the molecule is CC(=O)CN1CC2CN(C)C(C)CN2c2c1c(=O)n(C)c1c(F)c(C)c(F)cc21. The number of benzene rings is 1. The number of carbonyl (C=O) groups is 1. The maximum Gasteiger partial charge on any atom is 0.276 e. The monoisotopic (exact) mass is 404 g/mol. The third kappa shape index (κ3) is 2.92. The van der Waals surface area contributed by atoms with Gasteiger partial charge in [0.25, 0.3) is 5.56 Å². The van der Waals surface area contributed by atoms with Crippen molar-refractivity contribution in [3.63, 3.8) is 0 Å². The topological polar surface area (TPSA) is 48.8 Å². The van der Waals surface area contributed by atoms with Crippen LogP contribution < -0.4 is 15.4 Å². The summed E-state index contributed by atoms with van der Waals surface area (Å²) >= 11 is 0. The van der Waals surface area contributed by atoms with Crippen LogP contribution >= 0.6 is 0 Å². The minimum atomic E-state index is -0.718. The number of hydrogen-bond donors (Lipinski definition) is 0. The van der Waals surface area contributed by atoms with E-state index in [1.807, 2.05) is 7.05 Å². The first-order chi connectivity index (χ1) is 13.6. The molecular weight excluding hydrogens is 378 g/mol. The summed E-state index contributed by atoms with van der Waals surface area (Å²) in [4.78, 5) is 31.3. The van der Waals surface area contributed by atoms with E-state index < -0.39 is 11.6 Å². The highest BCUT2D eigenvalue weighted by Gasteiger charge is 2.40. The highest BCUT2D eigenvalue weighted by atomic mass is 19.1. The molecule has 0 aliphatic carbocycles. The number of anilines is 2. The van der Waals surface area contributed by atoms with Gasteiger partial charge in [-0.1, -0.05) is 0 Å². The van der Waals surface area contributed by atoms with Gasteiger partial charge in [0.05, 0.1) is 23.8 Å². The first-order valence-corrected chi connectivity index (χ1v) is 9.84. The van der Waals surface area contributed by atoms with Gasteiger partial charge in [0.2, 0.25) is 0 Å². The van der Waals surface area contributed by atoms with Crippen LogP contribution in [-0.4, -0.2) is 60.6 Å². The van der Waals surface area contributed by atoms with Gasteiger partial charge in [-0.15, -0.1) is 0 Å². The van der Waals surface area contributed by atoms with Crippen molar-refractivity contribution < 1.29 is 13.6 Å². The summed E-state index contributed by atoms with van der Waals surface area (Å²) in [5, 5.41) is 0.373. The van der Waals surface area contributed by atoms with E-state index in [9.17, 15) is 14.0 Å². The first-order valence-electron chi connectivity index (χ1n) is 9.84. The summed E-state index contributed by atoms with van der Waals surface area (Å²) in [5.41, 5.74) is 0.516. The second-order valence-corrected chi connectivity index (χ2v) is 8.43. The molecule has 2 atom stereocenters. The predicted octanol–water partition coefficient (Wildman–Crippen LogP) is 2.04. The molecule has 0 spiro atoms. The highest BCUT2D eigenvalue weighted by molar-refractivity contribution is 6.01. The van der Waals surface area contributed by atoms with E-state index in [4.69, 9.17) is 0 Å². The molecule has 0 radical (unpaired) electrons. The fraction of sp³-hybridized carbons (Fsp3) is 0.524. The lowest BCUT2D eigenvalue weighted by Gasteiger charge is -2.51. The van der Waals surface area contributed by atoms with E-state index in [0.29, 0.717) is 29.9 Å². The molecule has 2 aliphatic heterocycles. The lowest BCUT2D eigenvalue weighted by atomic mass is 9.98. The molecular formula is C21H26F2N4O2. The van der Waals surface area contributed by atoms with Gasteiger partial charge in [0.1, 0.15) is 17.3 Å². The molecule has 1 aromatic heterocycles. The Labute approximate surface area is 168 Å². The molecule has 156 valence electrons. The second kappa shape index (κ2) is 6.79. The minimum absolute atomic E-state index is 0.0192. The standard InChI is InChI=1S/C21H26F2N4O2/c1-11-7-27-14(9-24(11)4)10-26(8-12(2)28)20-19(27)15-6-16(22)13(3)17(23)18(15)25(5)21(20)29/h6,11,14H,7-10H2,1-5H3. The Morgan fingerprint density at radius 1 is 1.17 bits per heavy atom. The van der Waals surface area contributed by atoms with E-state index >= 15 is 4.39 Å². The van der Waals surface area contributed by atoms with Crippen molar-refractivity contribution in [1.82, 2.24) is 9.47 Å². The van der Waals surface area contributed by atoms with Gasteiger partial charge in [-0.05, 0) is 33.9 Å². The number of nitrogens with zero attached hydrogens (tertiary/aromatic N) is 4. The second-order valence-electron chi connectivity index (χ2n) is 8.43. The summed E-state index contributed by atoms with van der Waals surface area (Å²) in [5.74, 6) is -1.42. The van der Waals surface area contributed by atoms with E-state index in [0.717, 1.165) is 6.54 Å². The van der Waals surface area contributed by atoms with Crippen LogP contribution in [0.2, 0.25) is 0 Å². The van der Waals surface area contributed by atoms with Crippen LogP contribution in [0.4, 0.5) is 20.2 Å². The van der Waals surface area contributed by atoms with E-state index in [1.165, 1.54) is 31.5 Å². The average Bonchev–Trinajstić information content (AvgIpc) is 2.64. The summed E-state index contributed by atoms with van der Waals surface area (Å²) in [6.07, 6.45) is 0. The number of Topliss-reactive ketones (excluding diaryl/α,β-unsaturated/α-hetero) is 1. The molecule has 29 heavy (non-hydrogen) atoms. The lowest BCUT2D eigenvalue weighted by molar-refractivity contribution is -0.115. The molecule has 0 N–H and O–H groups in total. The van der Waals surface area contributed by atoms with E-state index in [1.54, 1.807) is 4.90 Å². The smallest absolute Gasteiger partial charge is 0.276 e. The zero-order chi connectivity index (χ0) is 21.2. The maximum atomic E-state index is 15.0. The van der Waals surface area contributed by atoms with Crippen molar-refractivity contribution in [3.8, 4) is 0 Å². The quantitative estimate of drug-likeness (QED) is 0.767. The minimum Gasteiger partial charge on any atom is -0.362 e.